The Labute approximate surface area is 122 Å². The van der Waals surface area contributed by atoms with Gasteiger partial charge >= 0.3 is 5.97 Å². The molecule has 0 aromatic rings. The minimum Gasteiger partial charge on any atom is -0.478 e. The molecule has 0 aliphatic carbocycles. The monoisotopic (exact) mass is 280 g/mol. The number of rotatable bonds is 12. The number of carboxylic acid groups (broad SMARTS) is 1. The lowest BCUT2D eigenvalue weighted by molar-refractivity contribution is -0.131. The SMILES string of the molecule is CCCCC[C@H](O)CCCCC=CC=CC=CC(=O)O. The normalized spacial score (nSPS) is 13.7. The first-order valence-electron chi connectivity index (χ1n) is 7.57. The van der Waals surface area contributed by atoms with E-state index in [-0.39, 0.29) is 6.10 Å². The molecule has 0 spiro atoms. The molecule has 1 atom stereocenters. The molecule has 0 amide bonds. The van der Waals surface area contributed by atoms with Crippen molar-refractivity contribution in [1.29, 1.82) is 0 Å². The number of carbonyl (C=O) groups is 1. The molecule has 0 saturated carbocycles. The third-order valence-corrected chi connectivity index (χ3v) is 3.01. The Bertz CT molecular complexity index is 316. The van der Waals surface area contributed by atoms with Gasteiger partial charge in [0.15, 0.2) is 0 Å². The van der Waals surface area contributed by atoms with Crippen LogP contribution in [0.3, 0.4) is 0 Å². The standard InChI is InChI=1S/C17H28O3/c1-2-3-10-13-16(18)14-11-8-6-4-5-7-9-12-15-17(19)20/h4-5,7,9,12,15-16,18H,2-3,6,8,10-11,13-14H2,1H3,(H,19,20)/t16-/m0/s1. The molecule has 0 fully saturated rings. The fourth-order valence-corrected chi connectivity index (χ4v) is 1.86. The third-order valence-electron chi connectivity index (χ3n) is 3.01. The highest BCUT2D eigenvalue weighted by Crippen LogP contribution is 2.10. The fourth-order valence-electron chi connectivity index (χ4n) is 1.86. The van der Waals surface area contributed by atoms with Crippen molar-refractivity contribution >= 4 is 5.97 Å². The maximum atomic E-state index is 10.2. The van der Waals surface area contributed by atoms with E-state index in [1.807, 2.05) is 12.2 Å². The second-order valence-electron chi connectivity index (χ2n) is 4.94. The Morgan fingerprint density at radius 2 is 1.65 bits per heavy atom. The van der Waals surface area contributed by atoms with Crippen LogP contribution in [0.4, 0.5) is 0 Å². The molecular weight excluding hydrogens is 252 g/mol. The Hall–Kier alpha value is -1.35. The summed E-state index contributed by atoms with van der Waals surface area (Å²) < 4.78 is 0. The van der Waals surface area contributed by atoms with Crippen LogP contribution in [0, 0.1) is 0 Å². The van der Waals surface area contributed by atoms with Gasteiger partial charge in [0.2, 0.25) is 0 Å². The van der Waals surface area contributed by atoms with E-state index in [0.717, 1.165) is 44.6 Å². The number of aliphatic hydroxyl groups is 1. The highest BCUT2D eigenvalue weighted by molar-refractivity contribution is 5.80. The van der Waals surface area contributed by atoms with Crippen molar-refractivity contribution in [3.63, 3.8) is 0 Å². The van der Waals surface area contributed by atoms with E-state index in [1.165, 1.54) is 18.9 Å². The fraction of sp³-hybridized carbons (Fsp3) is 0.588. The summed E-state index contributed by atoms with van der Waals surface area (Å²) in [4.78, 5) is 10.2. The summed E-state index contributed by atoms with van der Waals surface area (Å²) in [6.07, 6.45) is 18.5. The van der Waals surface area contributed by atoms with Crippen molar-refractivity contribution in [3.8, 4) is 0 Å². The van der Waals surface area contributed by atoms with Gasteiger partial charge in [-0.25, -0.2) is 4.79 Å². The zero-order valence-corrected chi connectivity index (χ0v) is 12.5. The molecule has 0 aliphatic rings. The number of hydrogen-bond acceptors (Lipinski definition) is 2. The van der Waals surface area contributed by atoms with Gasteiger partial charge in [0.1, 0.15) is 0 Å². The van der Waals surface area contributed by atoms with E-state index >= 15 is 0 Å². The molecule has 0 aliphatic heterocycles. The second kappa shape index (κ2) is 14.1. The van der Waals surface area contributed by atoms with Crippen molar-refractivity contribution in [1.82, 2.24) is 0 Å². The van der Waals surface area contributed by atoms with Crippen LogP contribution < -0.4 is 0 Å². The minimum absolute atomic E-state index is 0.133. The van der Waals surface area contributed by atoms with Gasteiger partial charge in [-0.1, -0.05) is 63.0 Å². The number of hydrogen-bond donors (Lipinski definition) is 2. The van der Waals surface area contributed by atoms with E-state index in [1.54, 1.807) is 6.08 Å². The number of unbranched alkanes of at least 4 members (excludes halogenated alkanes) is 4. The van der Waals surface area contributed by atoms with Gasteiger partial charge in [-0.3, -0.25) is 0 Å². The van der Waals surface area contributed by atoms with Crippen LogP contribution >= 0.6 is 0 Å². The lowest BCUT2D eigenvalue weighted by Crippen LogP contribution is -2.05. The first kappa shape index (κ1) is 18.7. The van der Waals surface area contributed by atoms with Gasteiger partial charge in [-0.05, 0) is 25.7 Å². The Balaban J connectivity index is 3.45. The summed E-state index contributed by atoms with van der Waals surface area (Å²) in [6, 6.07) is 0. The van der Waals surface area contributed by atoms with Gasteiger partial charge in [0.05, 0.1) is 6.10 Å². The van der Waals surface area contributed by atoms with Crippen LogP contribution in [0.5, 0.6) is 0 Å². The summed E-state index contributed by atoms with van der Waals surface area (Å²) in [6.45, 7) is 2.17. The lowest BCUT2D eigenvalue weighted by atomic mass is 10.0. The predicted molar refractivity (Wildman–Crippen MR) is 83.7 cm³/mol. The molecule has 3 heteroatoms. The second-order valence-corrected chi connectivity index (χ2v) is 4.94. The molecule has 0 radical (unpaired) electrons. The maximum Gasteiger partial charge on any atom is 0.328 e. The van der Waals surface area contributed by atoms with E-state index in [4.69, 9.17) is 5.11 Å². The zero-order chi connectivity index (χ0) is 15.1. The summed E-state index contributed by atoms with van der Waals surface area (Å²) in [7, 11) is 0. The average molecular weight is 280 g/mol. The first-order chi connectivity index (χ1) is 9.66. The molecule has 0 aromatic carbocycles. The molecule has 0 rings (SSSR count). The number of allylic oxidation sites excluding steroid dienone is 5. The molecule has 114 valence electrons. The maximum absolute atomic E-state index is 10.2. The van der Waals surface area contributed by atoms with Crippen LogP contribution in [0.2, 0.25) is 0 Å². The summed E-state index contributed by atoms with van der Waals surface area (Å²) in [5, 5.41) is 18.1. The van der Waals surface area contributed by atoms with E-state index in [0.29, 0.717) is 0 Å². The smallest absolute Gasteiger partial charge is 0.328 e. The van der Waals surface area contributed by atoms with Gasteiger partial charge < -0.3 is 10.2 Å². The largest absolute Gasteiger partial charge is 0.478 e. The Kier molecular flexibility index (Phi) is 13.1. The van der Waals surface area contributed by atoms with Crippen molar-refractivity contribution in [2.24, 2.45) is 0 Å². The summed E-state index contributed by atoms with van der Waals surface area (Å²) in [5.41, 5.74) is 0. The minimum atomic E-state index is -0.934. The summed E-state index contributed by atoms with van der Waals surface area (Å²) in [5.74, 6) is -0.934. The van der Waals surface area contributed by atoms with Crippen LogP contribution in [-0.4, -0.2) is 22.3 Å². The quantitative estimate of drug-likeness (QED) is 0.319. The van der Waals surface area contributed by atoms with Gasteiger partial charge in [-0.2, -0.15) is 0 Å². The number of carboxylic acids is 1. The van der Waals surface area contributed by atoms with Crippen molar-refractivity contribution in [2.45, 2.75) is 64.4 Å². The molecule has 0 unspecified atom stereocenters. The van der Waals surface area contributed by atoms with E-state index in [9.17, 15) is 9.90 Å². The topological polar surface area (TPSA) is 57.5 Å². The molecule has 0 saturated heterocycles. The number of aliphatic carboxylic acids is 1. The number of aliphatic hydroxyl groups excluding tert-OH is 1. The molecule has 3 nitrogen and oxygen atoms in total. The van der Waals surface area contributed by atoms with Crippen molar-refractivity contribution in [3.05, 3.63) is 36.5 Å². The van der Waals surface area contributed by atoms with Crippen LogP contribution in [0.1, 0.15) is 58.3 Å². The van der Waals surface area contributed by atoms with Gasteiger partial charge in [0, 0.05) is 6.08 Å². The predicted octanol–water partition coefficient (Wildman–Crippen LogP) is 4.24. The first-order valence-corrected chi connectivity index (χ1v) is 7.57. The van der Waals surface area contributed by atoms with E-state index < -0.39 is 5.97 Å². The molecule has 20 heavy (non-hydrogen) atoms. The Morgan fingerprint density at radius 3 is 2.30 bits per heavy atom. The van der Waals surface area contributed by atoms with Crippen LogP contribution in [0.15, 0.2) is 36.5 Å². The highest BCUT2D eigenvalue weighted by Gasteiger charge is 2.02. The Morgan fingerprint density at radius 1 is 1.00 bits per heavy atom. The average Bonchev–Trinajstić information content (AvgIpc) is 2.41. The van der Waals surface area contributed by atoms with Crippen LogP contribution in [0.25, 0.3) is 0 Å². The zero-order valence-electron chi connectivity index (χ0n) is 12.5. The molecular formula is C17H28O3. The lowest BCUT2D eigenvalue weighted by Gasteiger charge is -2.09. The summed E-state index contributed by atoms with van der Waals surface area (Å²) >= 11 is 0. The van der Waals surface area contributed by atoms with Gasteiger partial charge in [-0.15, -0.1) is 0 Å². The molecule has 2 N–H and O–H groups in total. The van der Waals surface area contributed by atoms with Crippen LogP contribution in [-0.2, 0) is 4.79 Å². The van der Waals surface area contributed by atoms with Crippen molar-refractivity contribution in [2.75, 3.05) is 0 Å². The molecule has 0 aromatic heterocycles. The van der Waals surface area contributed by atoms with E-state index in [2.05, 4.69) is 13.0 Å². The van der Waals surface area contributed by atoms with Gasteiger partial charge in [0.25, 0.3) is 0 Å². The molecule has 0 heterocycles. The highest BCUT2D eigenvalue weighted by atomic mass is 16.4. The third kappa shape index (κ3) is 14.7. The van der Waals surface area contributed by atoms with Crippen molar-refractivity contribution < 1.29 is 15.0 Å². The molecule has 0 bridgehead atoms.